The Morgan fingerprint density at radius 1 is 1.14 bits per heavy atom. The molecule has 2 aromatic rings. The van der Waals surface area contributed by atoms with Crippen molar-refractivity contribution in [3.8, 4) is 0 Å². The minimum atomic E-state index is 0.601. The average molecular weight is 286 g/mol. The molecule has 2 rings (SSSR count). The molecule has 2 N–H and O–H groups in total. The summed E-state index contributed by atoms with van der Waals surface area (Å²) in [6.07, 6.45) is 2.70. The SMILES string of the molecule is COCCCNc1ccnc(Nc2c(C)cccc2C)n1. The van der Waals surface area contributed by atoms with Crippen molar-refractivity contribution >= 4 is 17.5 Å². The number of ether oxygens (including phenoxy) is 1. The summed E-state index contributed by atoms with van der Waals surface area (Å²) in [5, 5.41) is 6.56. The second kappa shape index (κ2) is 7.59. The normalized spacial score (nSPS) is 10.4. The summed E-state index contributed by atoms with van der Waals surface area (Å²) in [7, 11) is 1.71. The summed E-state index contributed by atoms with van der Waals surface area (Å²) < 4.78 is 5.02. The smallest absolute Gasteiger partial charge is 0.229 e. The second-order valence-electron chi connectivity index (χ2n) is 4.93. The van der Waals surface area contributed by atoms with E-state index in [9.17, 15) is 0 Å². The fraction of sp³-hybridized carbons (Fsp3) is 0.375. The van der Waals surface area contributed by atoms with E-state index < -0.39 is 0 Å². The van der Waals surface area contributed by atoms with Gasteiger partial charge >= 0.3 is 0 Å². The van der Waals surface area contributed by atoms with Crippen molar-refractivity contribution in [1.29, 1.82) is 0 Å². The highest BCUT2D eigenvalue weighted by molar-refractivity contribution is 5.63. The summed E-state index contributed by atoms with van der Waals surface area (Å²) in [5.74, 6) is 1.42. The van der Waals surface area contributed by atoms with Crippen molar-refractivity contribution < 1.29 is 4.74 Å². The molecule has 5 nitrogen and oxygen atoms in total. The Labute approximate surface area is 125 Å². The fourth-order valence-corrected chi connectivity index (χ4v) is 2.07. The molecule has 112 valence electrons. The Balaban J connectivity index is 2.04. The van der Waals surface area contributed by atoms with E-state index >= 15 is 0 Å². The molecule has 1 heterocycles. The maximum Gasteiger partial charge on any atom is 0.229 e. The first-order valence-electron chi connectivity index (χ1n) is 7.10. The summed E-state index contributed by atoms with van der Waals surface area (Å²) >= 11 is 0. The molecule has 0 saturated carbocycles. The summed E-state index contributed by atoms with van der Waals surface area (Å²) in [6.45, 7) is 5.71. The van der Waals surface area contributed by atoms with Crippen LogP contribution in [0.15, 0.2) is 30.5 Å². The lowest BCUT2D eigenvalue weighted by molar-refractivity contribution is 0.198. The zero-order valence-corrected chi connectivity index (χ0v) is 12.8. The van der Waals surface area contributed by atoms with Gasteiger partial charge in [-0.05, 0) is 37.5 Å². The number of aromatic nitrogens is 2. The van der Waals surface area contributed by atoms with Gasteiger partial charge in [0.2, 0.25) is 5.95 Å². The van der Waals surface area contributed by atoms with Crippen molar-refractivity contribution in [2.24, 2.45) is 0 Å². The molecule has 0 amide bonds. The van der Waals surface area contributed by atoms with Gasteiger partial charge in [0.25, 0.3) is 0 Å². The maximum absolute atomic E-state index is 5.02. The first-order chi connectivity index (χ1) is 10.2. The highest BCUT2D eigenvalue weighted by atomic mass is 16.5. The topological polar surface area (TPSA) is 59.1 Å². The molecule has 21 heavy (non-hydrogen) atoms. The number of hydrogen-bond acceptors (Lipinski definition) is 5. The zero-order chi connectivity index (χ0) is 15.1. The monoisotopic (exact) mass is 286 g/mol. The fourth-order valence-electron chi connectivity index (χ4n) is 2.07. The van der Waals surface area contributed by atoms with Crippen molar-refractivity contribution in [3.05, 3.63) is 41.6 Å². The first-order valence-corrected chi connectivity index (χ1v) is 7.10. The number of para-hydroxylation sites is 1. The van der Waals surface area contributed by atoms with Crippen LogP contribution in [0.2, 0.25) is 0 Å². The van der Waals surface area contributed by atoms with Gasteiger partial charge in [0.05, 0.1) is 0 Å². The standard InChI is InChI=1S/C16H22N4O/c1-12-6-4-7-13(2)15(12)20-16-18-10-8-14(19-16)17-9-5-11-21-3/h4,6-8,10H,5,9,11H2,1-3H3,(H2,17,18,19,20). The Morgan fingerprint density at radius 3 is 2.62 bits per heavy atom. The van der Waals surface area contributed by atoms with Crippen LogP contribution in [-0.2, 0) is 4.74 Å². The van der Waals surface area contributed by atoms with Gasteiger partial charge in [-0.15, -0.1) is 0 Å². The van der Waals surface area contributed by atoms with Gasteiger partial charge in [0.1, 0.15) is 5.82 Å². The quantitative estimate of drug-likeness (QED) is 0.765. The molecule has 1 aromatic heterocycles. The summed E-state index contributed by atoms with van der Waals surface area (Å²) in [5.41, 5.74) is 3.42. The third kappa shape index (κ3) is 4.43. The van der Waals surface area contributed by atoms with E-state index in [2.05, 4.69) is 46.6 Å². The summed E-state index contributed by atoms with van der Waals surface area (Å²) in [4.78, 5) is 8.75. The second-order valence-corrected chi connectivity index (χ2v) is 4.93. The molecule has 0 radical (unpaired) electrons. The van der Waals surface area contributed by atoms with Crippen molar-refractivity contribution in [2.45, 2.75) is 20.3 Å². The predicted octanol–water partition coefficient (Wildman–Crippen LogP) is 3.29. The lowest BCUT2D eigenvalue weighted by Gasteiger charge is -2.12. The molecule has 0 aliphatic rings. The van der Waals surface area contributed by atoms with Crippen LogP contribution in [0.3, 0.4) is 0 Å². The number of nitrogens with zero attached hydrogens (tertiary/aromatic N) is 2. The maximum atomic E-state index is 5.02. The third-order valence-corrected chi connectivity index (χ3v) is 3.20. The number of nitrogens with one attached hydrogen (secondary N) is 2. The lowest BCUT2D eigenvalue weighted by Crippen LogP contribution is -2.08. The molecule has 1 aromatic carbocycles. The van der Waals surface area contributed by atoms with Crippen molar-refractivity contribution in [3.63, 3.8) is 0 Å². The van der Waals surface area contributed by atoms with E-state index in [-0.39, 0.29) is 0 Å². The molecule has 0 spiro atoms. The number of aryl methyl sites for hydroxylation is 2. The Bertz CT molecular complexity index is 566. The number of anilines is 3. The highest BCUT2D eigenvalue weighted by Gasteiger charge is 2.05. The molecule has 0 atom stereocenters. The largest absolute Gasteiger partial charge is 0.385 e. The average Bonchev–Trinajstić information content (AvgIpc) is 2.48. The van der Waals surface area contributed by atoms with Crippen LogP contribution in [0, 0.1) is 13.8 Å². The molecular weight excluding hydrogens is 264 g/mol. The zero-order valence-electron chi connectivity index (χ0n) is 12.8. The number of rotatable bonds is 7. The molecule has 0 aliphatic heterocycles. The van der Waals surface area contributed by atoms with E-state index in [0.717, 1.165) is 31.1 Å². The molecule has 0 aliphatic carbocycles. The van der Waals surface area contributed by atoms with E-state index in [4.69, 9.17) is 4.74 Å². The van der Waals surface area contributed by atoms with Crippen molar-refractivity contribution in [1.82, 2.24) is 9.97 Å². The number of benzene rings is 1. The van der Waals surface area contributed by atoms with Crippen LogP contribution in [0.25, 0.3) is 0 Å². The lowest BCUT2D eigenvalue weighted by atomic mass is 10.1. The van der Waals surface area contributed by atoms with E-state index in [1.54, 1.807) is 13.3 Å². The van der Waals surface area contributed by atoms with Crippen LogP contribution in [0.1, 0.15) is 17.5 Å². The Morgan fingerprint density at radius 2 is 1.90 bits per heavy atom. The van der Waals surface area contributed by atoms with Gasteiger partial charge in [-0.2, -0.15) is 4.98 Å². The number of hydrogen-bond donors (Lipinski definition) is 2. The van der Waals surface area contributed by atoms with Crippen LogP contribution in [0.4, 0.5) is 17.5 Å². The molecule has 0 saturated heterocycles. The van der Waals surface area contributed by atoms with Gasteiger partial charge in [-0.1, -0.05) is 18.2 Å². The van der Waals surface area contributed by atoms with Crippen molar-refractivity contribution in [2.75, 3.05) is 30.9 Å². The van der Waals surface area contributed by atoms with Gasteiger partial charge in [-0.3, -0.25) is 0 Å². The highest BCUT2D eigenvalue weighted by Crippen LogP contribution is 2.22. The van der Waals surface area contributed by atoms with Gasteiger partial charge < -0.3 is 15.4 Å². The van der Waals surface area contributed by atoms with Gasteiger partial charge in [-0.25, -0.2) is 4.98 Å². The van der Waals surface area contributed by atoms with Gasteiger partial charge in [0, 0.05) is 32.1 Å². The molecule has 0 fully saturated rings. The van der Waals surface area contributed by atoms with E-state index in [1.807, 2.05) is 12.1 Å². The Hall–Kier alpha value is -2.14. The third-order valence-electron chi connectivity index (χ3n) is 3.20. The molecular formula is C16H22N4O. The van der Waals surface area contributed by atoms with Crippen LogP contribution < -0.4 is 10.6 Å². The minimum Gasteiger partial charge on any atom is -0.385 e. The first kappa shape index (κ1) is 15.3. The minimum absolute atomic E-state index is 0.601. The van der Waals surface area contributed by atoms with E-state index in [0.29, 0.717) is 5.95 Å². The molecule has 0 bridgehead atoms. The predicted molar refractivity (Wildman–Crippen MR) is 86.2 cm³/mol. The Kier molecular flexibility index (Phi) is 5.51. The van der Waals surface area contributed by atoms with E-state index in [1.165, 1.54) is 11.1 Å². The number of methoxy groups -OCH3 is 1. The molecule has 5 heteroatoms. The molecule has 0 unspecified atom stereocenters. The van der Waals surface area contributed by atoms with Crippen LogP contribution >= 0.6 is 0 Å². The van der Waals surface area contributed by atoms with Crippen LogP contribution in [-0.4, -0.2) is 30.2 Å². The summed E-state index contributed by atoms with van der Waals surface area (Å²) in [6, 6.07) is 8.05. The van der Waals surface area contributed by atoms with Crippen LogP contribution in [0.5, 0.6) is 0 Å². The van der Waals surface area contributed by atoms with Gasteiger partial charge in [0.15, 0.2) is 0 Å².